The van der Waals surface area contributed by atoms with E-state index in [1.54, 1.807) is 23.6 Å². The molecule has 10 heteroatoms. The summed E-state index contributed by atoms with van der Waals surface area (Å²) in [6, 6.07) is 9.20. The quantitative estimate of drug-likeness (QED) is 0.195. The van der Waals surface area contributed by atoms with E-state index in [1.807, 2.05) is 58.0 Å². The Kier molecular flexibility index (Phi) is 10.8. The van der Waals surface area contributed by atoms with Gasteiger partial charge in [-0.3, -0.25) is 4.79 Å². The van der Waals surface area contributed by atoms with Crippen LogP contribution >= 0.6 is 0 Å². The number of nitrogens with zero attached hydrogens (tertiary/aromatic N) is 4. The van der Waals surface area contributed by atoms with Crippen molar-refractivity contribution in [3.63, 3.8) is 0 Å². The standard InChI is InChI=1S/C34H45N5O5/c1-8-13-24-16-18-38(19-17-24)32-29(30(33(41)42-10-3)44-34(5,6)7)23(4)36-28-21-26(37-39(28)32)31(40)35-22-25-14-11-12-15-27(25)43-20-9-2/h8-9,11-12,14-15,21,24,30H,1-2,10,13,16-20,22H2,3-7H3,(H,35,40). The number of para-hydroxylation sites is 1. The van der Waals surface area contributed by atoms with Gasteiger partial charge < -0.3 is 24.4 Å². The number of piperidine rings is 1. The second-order valence-corrected chi connectivity index (χ2v) is 11.9. The largest absolute Gasteiger partial charge is 0.489 e. The SMILES string of the molecule is C=CCOc1ccccc1CNC(=O)c1cc2nc(C)c(C(OC(C)(C)C)C(=O)OCC)c(N3CCC(CC=C)CC3)n2n1. The number of carbonyl (C=O) groups is 2. The Hall–Kier alpha value is -4.18. The Morgan fingerprint density at radius 1 is 1.16 bits per heavy atom. The average Bonchev–Trinajstić information content (AvgIpc) is 3.41. The minimum absolute atomic E-state index is 0.214. The van der Waals surface area contributed by atoms with Crippen molar-refractivity contribution in [2.75, 3.05) is 31.2 Å². The van der Waals surface area contributed by atoms with E-state index in [1.165, 1.54) is 0 Å². The Morgan fingerprint density at radius 2 is 1.89 bits per heavy atom. The second-order valence-electron chi connectivity index (χ2n) is 11.9. The van der Waals surface area contributed by atoms with Crippen LogP contribution in [0, 0.1) is 12.8 Å². The van der Waals surface area contributed by atoms with E-state index in [0.29, 0.717) is 41.0 Å². The number of hydrogen-bond donors (Lipinski definition) is 1. The van der Waals surface area contributed by atoms with Crippen molar-refractivity contribution in [3.05, 3.63) is 78.2 Å². The maximum absolute atomic E-state index is 13.4. The molecule has 1 aromatic carbocycles. The summed E-state index contributed by atoms with van der Waals surface area (Å²) in [5, 5.41) is 7.71. The highest BCUT2D eigenvalue weighted by molar-refractivity contribution is 5.93. The summed E-state index contributed by atoms with van der Waals surface area (Å²) in [5.74, 6) is 1.06. The van der Waals surface area contributed by atoms with Crippen LogP contribution in [0.3, 0.4) is 0 Å². The molecular weight excluding hydrogens is 558 g/mol. The molecule has 44 heavy (non-hydrogen) atoms. The van der Waals surface area contributed by atoms with Crippen LogP contribution < -0.4 is 15.0 Å². The molecule has 1 atom stereocenters. The summed E-state index contributed by atoms with van der Waals surface area (Å²) in [4.78, 5) is 33.8. The van der Waals surface area contributed by atoms with Crippen LogP contribution in [0.4, 0.5) is 5.82 Å². The first-order valence-corrected chi connectivity index (χ1v) is 15.3. The molecule has 10 nitrogen and oxygen atoms in total. The van der Waals surface area contributed by atoms with Gasteiger partial charge in [-0.05, 0) is 65.9 Å². The molecule has 3 heterocycles. The number of allylic oxidation sites excluding steroid dienone is 1. The number of hydrogen-bond acceptors (Lipinski definition) is 8. The highest BCUT2D eigenvalue weighted by Gasteiger charge is 2.36. The molecule has 236 valence electrons. The fraction of sp³-hybridized carbons (Fsp3) is 0.471. The Labute approximate surface area is 260 Å². The van der Waals surface area contributed by atoms with Crippen molar-refractivity contribution >= 4 is 23.3 Å². The first kappa shape index (κ1) is 32.7. The summed E-state index contributed by atoms with van der Waals surface area (Å²) in [6.45, 7) is 19.3. The molecule has 1 N–H and O–H groups in total. The molecular formula is C34H45N5O5. The minimum Gasteiger partial charge on any atom is -0.489 e. The number of rotatable bonds is 13. The van der Waals surface area contributed by atoms with Crippen molar-refractivity contribution < 1.29 is 23.8 Å². The van der Waals surface area contributed by atoms with Gasteiger partial charge in [0.25, 0.3) is 5.91 Å². The lowest BCUT2D eigenvalue weighted by Gasteiger charge is -2.36. The van der Waals surface area contributed by atoms with E-state index < -0.39 is 17.7 Å². The van der Waals surface area contributed by atoms with Crippen molar-refractivity contribution in [3.8, 4) is 5.75 Å². The molecule has 1 fully saturated rings. The lowest BCUT2D eigenvalue weighted by molar-refractivity contribution is -0.166. The zero-order chi connectivity index (χ0) is 31.9. The van der Waals surface area contributed by atoms with E-state index in [0.717, 1.165) is 37.9 Å². The van der Waals surface area contributed by atoms with Crippen LogP contribution in [0.2, 0.25) is 0 Å². The number of carbonyl (C=O) groups excluding carboxylic acids is 2. The lowest BCUT2D eigenvalue weighted by Crippen LogP contribution is -2.38. The molecule has 0 radical (unpaired) electrons. The third-order valence-electron chi connectivity index (χ3n) is 7.45. The second kappa shape index (κ2) is 14.5. The molecule has 0 spiro atoms. The van der Waals surface area contributed by atoms with Gasteiger partial charge in [0.1, 0.15) is 18.2 Å². The molecule has 1 saturated heterocycles. The van der Waals surface area contributed by atoms with Crippen LogP contribution in [-0.2, 0) is 20.8 Å². The molecule has 1 unspecified atom stereocenters. The van der Waals surface area contributed by atoms with Crippen molar-refractivity contribution in [1.82, 2.24) is 19.9 Å². The molecule has 0 bridgehead atoms. The van der Waals surface area contributed by atoms with Gasteiger partial charge in [0, 0.05) is 37.0 Å². The average molecular weight is 604 g/mol. The fourth-order valence-corrected chi connectivity index (χ4v) is 5.45. The van der Waals surface area contributed by atoms with Gasteiger partial charge in [0.2, 0.25) is 0 Å². The number of anilines is 1. The number of ether oxygens (including phenoxy) is 3. The van der Waals surface area contributed by atoms with E-state index in [9.17, 15) is 9.59 Å². The van der Waals surface area contributed by atoms with Crippen LogP contribution in [0.5, 0.6) is 5.75 Å². The summed E-state index contributed by atoms with van der Waals surface area (Å²) in [5.41, 5.74) is 2.12. The van der Waals surface area contributed by atoms with Gasteiger partial charge in [0.15, 0.2) is 17.4 Å². The van der Waals surface area contributed by atoms with Crippen LogP contribution in [0.15, 0.2) is 55.6 Å². The molecule has 3 aromatic rings. The Balaban J connectivity index is 1.75. The van der Waals surface area contributed by atoms with Crippen molar-refractivity contribution in [2.45, 2.75) is 72.1 Å². The minimum atomic E-state index is -1.03. The zero-order valence-electron chi connectivity index (χ0n) is 26.6. The topological polar surface area (TPSA) is 107 Å². The molecule has 0 saturated carbocycles. The number of esters is 1. The number of nitrogens with one attached hydrogen (secondary N) is 1. The van der Waals surface area contributed by atoms with Gasteiger partial charge in [0.05, 0.1) is 17.8 Å². The lowest BCUT2D eigenvalue weighted by atomic mass is 9.93. The van der Waals surface area contributed by atoms with Crippen LogP contribution in [-0.4, -0.2) is 58.4 Å². The highest BCUT2D eigenvalue weighted by Crippen LogP contribution is 2.37. The van der Waals surface area contributed by atoms with Gasteiger partial charge in [-0.25, -0.2) is 9.78 Å². The third-order valence-corrected chi connectivity index (χ3v) is 7.45. The molecule has 1 amide bonds. The Morgan fingerprint density at radius 3 is 2.55 bits per heavy atom. The van der Waals surface area contributed by atoms with Gasteiger partial charge >= 0.3 is 5.97 Å². The first-order chi connectivity index (χ1) is 21.1. The molecule has 1 aliphatic rings. The number of aromatic nitrogens is 3. The van der Waals surface area contributed by atoms with E-state index in [2.05, 4.69) is 23.4 Å². The van der Waals surface area contributed by atoms with Crippen molar-refractivity contribution in [1.29, 1.82) is 0 Å². The van der Waals surface area contributed by atoms with Crippen molar-refractivity contribution in [2.24, 2.45) is 5.92 Å². The summed E-state index contributed by atoms with van der Waals surface area (Å²) < 4.78 is 19.2. The normalized spacial score (nSPS) is 14.7. The predicted octanol–water partition coefficient (Wildman–Crippen LogP) is 5.74. The van der Waals surface area contributed by atoms with Crippen LogP contribution in [0.25, 0.3) is 5.65 Å². The number of aryl methyl sites for hydroxylation is 1. The maximum atomic E-state index is 13.4. The first-order valence-electron chi connectivity index (χ1n) is 15.3. The van der Waals surface area contributed by atoms with Gasteiger partial charge in [-0.2, -0.15) is 9.61 Å². The summed E-state index contributed by atoms with van der Waals surface area (Å²) in [7, 11) is 0. The third kappa shape index (κ3) is 7.85. The van der Waals surface area contributed by atoms with Crippen LogP contribution in [0.1, 0.15) is 80.4 Å². The van der Waals surface area contributed by atoms with E-state index in [-0.39, 0.29) is 24.8 Å². The zero-order valence-corrected chi connectivity index (χ0v) is 26.6. The Bertz CT molecular complexity index is 1480. The fourth-order valence-electron chi connectivity index (χ4n) is 5.45. The van der Waals surface area contributed by atoms with E-state index >= 15 is 0 Å². The van der Waals surface area contributed by atoms with E-state index in [4.69, 9.17) is 24.3 Å². The number of fused-ring (bicyclic) bond motifs is 1. The molecule has 0 aliphatic carbocycles. The number of benzene rings is 1. The summed E-state index contributed by atoms with van der Waals surface area (Å²) >= 11 is 0. The maximum Gasteiger partial charge on any atom is 0.340 e. The molecule has 4 rings (SSSR count). The predicted molar refractivity (Wildman–Crippen MR) is 171 cm³/mol. The van der Waals surface area contributed by atoms with Gasteiger partial charge in [-0.15, -0.1) is 6.58 Å². The summed E-state index contributed by atoms with van der Waals surface area (Å²) in [6.07, 6.45) is 5.49. The number of amides is 1. The molecule has 2 aromatic heterocycles. The monoisotopic (exact) mass is 603 g/mol. The smallest absolute Gasteiger partial charge is 0.340 e. The van der Waals surface area contributed by atoms with Gasteiger partial charge in [-0.1, -0.05) is 36.9 Å². The molecule has 1 aliphatic heterocycles. The highest BCUT2D eigenvalue weighted by atomic mass is 16.6.